The van der Waals surface area contributed by atoms with Crippen LogP contribution in [0.15, 0.2) is 54.1 Å². The van der Waals surface area contributed by atoms with E-state index in [0.29, 0.717) is 11.0 Å². The average molecular weight is 334 g/mol. The van der Waals surface area contributed by atoms with Crippen molar-refractivity contribution in [1.82, 2.24) is 19.7 Å². The van der Waals surface area contributed by atoms with E-state index >= 15 is 0 Å². The van der Waals surface area contributed by atoms with Crippen LogP contribution in [-0.2, 0) is 4.79 Å². The van der Waals surface area contributed by atoms with Gasteiger partial charge in [0.05, 0.1) is 11.9 Å². The minimum atomic E-state index is -0.510. The Kier molecular flexibility index (Phi) is 4.39. The Bertz CT molecular complexity index is 997. The normalized spacial score (nSPS) is 11.7. The first-order valence-corrected chi connectivity index (χ1v) is 7.38. The maximum Gasteiger partial charge on any atom is 0.228 e. The van der Waals surface area contributed by atoms with Crippen LogP contribution in [0.4, 0.5) is 0 Å². The molecule has 0 fully saturated rings. The smallest absolute Gasteiger partial charge is 0.228 e. The van der Waals surface area contributed by atoms with Gasteiger partial charge in [-0.1, -0.05) is 18.2 Å². The molecule has 2 aromatic heterocycles. The Morgan fingerprint density at radius 1 is 1.32 bits per heavy atom. The van der Waals surface area contributed by atoms with Crippen LogP contribution in [0.25, 0.3) is 16.7 Å². The second kappa shape index (κ2) is 6.80. The van der Waals surface area contributed by atoms with E-state index in [-0.39, 0.29) is 23.8 Å². The molecule has 2 heterocycles. The quantitative estimate of drug-likeness (QED) is 0.555. The van der Waals surface area contributed by atoms with Crippen molar-refractivity contribution in [3.05, 3.63) is 54.1 Å². The van der Waals surface area contributed by atoms with Gasteiger partial charge in [0, 0.05) is 5.70 Å². The molecule has 0 radical (unpaired) electrons. The summed E-state index contributed by atoms with van der Waals surface area (Å²) in [5.41, 5.74) is 6.94. The van der Waals surface area contributed by atoms with Crippen LogP contribution < -0.4 is 10.5 Å². The standard InChI is InChI=1S/C17H14N6O2/c1-11(19)13(7-18)15(24)9-25-17-14-8-22-23(16(14)20-10-21-17)12-5-3-2-4-6-12/h2-6,8,10H,9,19H2,1H3. The fraction of sp³-hybridized carbons (Fsp3) is 0.118. The lowest BCUT2D eigenvalue weighted by Gasteiger charge is -2.06. The summed E-state index contributed by atoms with van der Waals surface area (Å²) in [4.78, 5) is 20.3. The predicted molar refractivity (Wildman–Crippen MR) is 89.7 cm³/mol. The number of benzene rings is 1. The molecule has 2 N–H and O–H groups in total. The monoisotopic (exact) mass is 334 g/mol. The Balaban J connectivity index is 1.89. The van der Waals surface area contributed by atoms with Gasteiger partial charge in [-0.05, 0) is 19.1 Å². The van der Waals surface area contributed by atoms with Gasteiger partial charge in [0.1, 0.15) is 23.4 Å². The molecule has 3 rings (SSSR count). The highest BCUT2D eigenvalue weighted by atomic mass is 16.5. The van der Waals surface area contributed by atoms with Crippen molar-refractivity contribution in [2.75, 3.05) is 6.61 Å². The second-order valence-corrected chi connectivity index (χ2v) is 5.19. The number of Topliss-reactive ketones (excluding diaryl/α,β-unsaturated/α-hetero) is 1. The summed E-state index contributed by atoms with van der Waals surface area (Å²) in [6.07, 6.45) is 2.90. The number of rotatable bonds is 5. The third kappa shape index (κ3) is 3.16. The van der Waals surface area contributed by atoms with Crippen LogP contribution >= 0.6 is 0 Å². The van der Waals surface area contributed by atoms with E-state index in [1.54, 1.807) is 16.9 Å². The lowest BCUT2D eigenvalue weighted by molar-refractivity contribution is -0.117. The molecule has 3 aromatic rings. The Morgan fingerprint density at radius 3 is 2.76 bits per heavy atom. The number of nitrogens with zero attached hydrogens (tertiary/aromatic N) is 5. The molecular formula is C17H14N6O2. The van der Waals surface area contributed by atoms with Crippen molar-refractivity contribution in [2.45, 2.75) is 6.92 Å². The van der Waals surface area contributed by atoms with E-state index < -0.39 is 5.78 Å². The molecule has 0 amide bonds. The summed E-state index contributed by atoms with van der Waals surface area (Å²) in [6, 6.07) is 11.3. The van der Waals surface area contributed by atoms with E-state index in [0.717, 1.165) is 5.69 Å². The molecule has 0 aliphatic heterocycles. The van der Waals surface area contributed by atoms with Crippen molar-refractivity contribution in [3.63, 3.8) is 0 Å². The van der Waals surface area contributed by atoms with Crippen LogP contribution in [-0.4, -0.2) is 32.1 Å². The molecule has 0 saturated heterocycles. The van der Waals surface area contributed by atoms with Gasteiger partial charge in [0.25, 0.3) is 0 Å². The largest absolute Gasteiger partial charge is 0.469 e. The predicted octanol–water partition coefficient (Wildman–Crippen LogP) is 1.52. The molecule has 0 aliphatic rings. The van der Waals surface area contributed by atoms with E-state index in [2.05, 4.69) is 15.1 Å². The molecule has 0 saturated carbocycles. The molecule has 8 heteroatoms. The Morgan fingerprint density at radius 2 is 2.08 bits per heavy atom. The van der Waals surface area contributed by atoms with Crippen LogP contribution in [0.5, 0.6) is 5.88 Å². The fourth-order valence-electron chi connectivity index (χ4n) is 2.27. The van der Waals surface area contributed by atoms with E-state index in [4.69, 9.17) is 15.7 Å². The van der Waals surface area contributed by atoms with Crippen LogP contribution in [0, 0.1) is 11.3 Å². The molecule has 0 spiro atoms. The van der Waals surface area contributed by atoms with Gasteiger partial charge in [-0.25, -0.2) is 14.6 Å². The molecular weight excluding hydrogens is 320 g/mol. The topological polar surface area (TPSA) is 120 Å². The van der Waals surface area contributed by atoms with Crippen molar-refractivity contribution in [1.29, 1.82) is 5.26 Å². The Labute approximate surface area is 143 Å². The lowest BCUT2D eigenvalue weighted by Crippen LogP contribution is -2.16. The van der Waals surface area contributed by atoms with Crippen LogP contribution in [0.2, 0.25) is 0 Å². The van der Waals surface area contributed by atoms with E-state index in [1.807, 2.05) is 30.3 Å². The van der Waals surface area contributed by atoms with Crippen LogP contribution in [0.3, 0.4) is 0 Å². The number of aromatic nitrogens is 4. The third-order valence-corrected chi connectivity index (χ3v) is 3.45. The van der Waals surface area contributed by atoms with Gasteiger partial charge in [-0.2, -0.15) is 10.4 Å². The molecule has 0 unspecified atom stereocenters. The fourth-order valence-corrected chi connectivity index (χ4v) is 2.27. The van der Waals surface area contributed by atoms with Gasteiger partial charge in [0.15, 0.2) is 12.3 Å². The number of nitrogens with two attached hydrogens (primary N) is 1. The maximum absolute atomic E-state index is 12.0. The molecule has 25 heavy (non-hydrogen) atoms. The van der Waals surface area contributed by atoms with Crippen molar-refractivity contribution >= 4 is 16.8 Å². The first kappa shape index (κ1) is 16.1. The zero-order chi connectivity index (χ0) is 17.8. The first-order chi connectivity index (χ1) is 12.1. The van der Waals surface area contributed by atoms with E-state index in [1.165, 1.54) is 13.3 Å². The number of fused-ring (bicyclic) bond motifs is 1. The van der Waals surface area contributed by atoms with Crippen molar-refractivity contribution < 1.29 is 9.53 Å². The van der Waals surface area contributed by atoms with Gasteiger partial charge in [0.2, 0.25) is 11.7 Å². The summed E-state index contributed by atoms with van der Waals surface area (Å²) in [6.45, 7) is 1.14. The molecule has 124 valence electrons. The number of allylic oxidation sites excluding steroid dienone is 1. The zero-order valence-corrected chi connectivity index (χ0v) is 13.4. The zero-order valence-electron chi connectivity index (χ0n) is 13.4. The minimum Gasteiger partial charge on any atom is -0.469 e. The highest BCUT2D eigenvalue weighted by Gasteiger charge is 2.16. The number of hydrogen-bond donors (Lipinski definition) is 1. The average Bonchev–Trinajstić information content (AvgIpc) is 3.05. The molecule has 8 nitrogen and oxygen atoms in total. The van der Waals surface area contributed by atoms with Gasteiger partial charge >= 0.3 is 0 Å². The molecule has 1 aromatic carbocycles. The summed E-state index contributed by atoms with van der Waals surface area (Å²) in [7, 11) is 0. The molecule has 0 aliphatic carbocycles. The van der Waals surface area contributed by atoms with Crippen molar-refractivity contribution in [2.24, 2.45) is 5.73 Å². The number of carbonyl (C=O) groups is 1. The van der Waals surface area contributed by atoms with E-state index in [9.17, 15) is 4.79 Å². The summed E-state index contributed by atoms with van der Waals surface area (Å²) in [5.74, 6) is -0.294. The first-order valence-electron chi connectivity index (χ1n) is 7.38. The molecule has 0 atom stereocenters. The number of para-hydroxylation sites is 1. The summed E-state index contributed by atoms with van der Waals surface area (Å²) in [5, 5.41) is 13.8. The Hall–Kier alpha value is -3.73. The number of hydrogen-bond acceptors (Lipinski definition) is 7. The van der Waals surface area contributed by atoms with Gasteiger partial charge < -0.3 is 10.5 Å². The summed E-state index contributed by atoms with van der Waals surface area (Å²) < 4.78 is 7.12. The molecule has 0 bridgehead atoms. The minimum absolute atomic E-state index is 0.120. The number of nitriles is 1. The van der Waals surface area contributed by atoms with Crippen molar-refractivity contribution in [3.8, 4) is 17.6 Å². The highest BCUT2D eigenvalue weighted by Crippen LogP contribution is 2.23. The lowest BCUT2D eigenvalue weighted by atomic mass is 10.1. The SMILES string of the molecule is CC(N)=C(C#N)C(=O)COc1ncnc2c1cnn2-c1ccccc1. The maximum atomic E-state index is 12.0. The third-order valence-electron chi connectivity index (χ3n) is 3.45. The van der Waals surface area contributed by atoms with Gasteiger partial charge in [-0.15, -0.1) is 0 Å². The summed E-state index contributed by atoms with van der Waals surface area (Å²) >= 11 is 0. The number of carbonyl (C=O) groups excluding carboxylic acids is 1. The highest BCUT2D eigenvalue weighted by molar-refractivity contribution is 6.00. The van der Waals surface area contributed by atoms with Crippen LogP contribution in [0.1, 0.15) is 6.92 Å². The van der Waals surface area contributed by atoms with Gasteiger partial charge in [-0.3, -0.25) is 4.79 Å². The number of ether oxygens (including phenoxy) is 1. The number of ketones is 1. The second-order valence-electron chi connectivity index (χ2n) is 5.19.